The van der Waals surface area contributed by atoms with Crippen LogP contribution >= 0.6 is 0 Å². The van der Waals surface area contributed by atoms with Crippen molar-refractivity contribution in [2.24, 2.45) is 0 Å². The van der Waals surface area contributed by atoms with Gasteiger partial charge in [0.05, 0.1) is 18.0 Å². The standard InChI is InChI=1S/C19H17N3O3/c1-2-25-17-11-7-6-10-15(17)20-19(24)16-12-13-18(23)22(21-16)14-8-4-3-5-9-14/h3-13H,2H2,1H3,(H,20,24). The summed E-state index contributed by atoms with van der Waals surface area (Å²) in [6.45, 7) is 2.36. The van der Waals surface area contributed by atoms with E-state index in [4.69, 9.17) is 4.74 Å². The minimum absolute atomic E-state index is 0.134. The quantitative estimate of drug-likeness (QED) is 0.778. The SMILES string of the molecule is CCOc1ccccc1NC(=O)c1ccc(=O)n(-c2ccccc2)n1. The molecule has 1 N–H and O–H groups in total. The van der Waals surface area contributed by atoms with Gasteiger partial charge in [0.1, 0.15) is 11.4 Å². The molecule has 0 aliphatic carbocycles. The Morgan fingerprint density at radius 3 is 2.52 bits per heavy atom. The highest BCUT2D eigenvalue weighted by Crippen LogP contribution is 2.24. The molecule has 0 fully saturated rings. The molecule has 0 radical (unpaired) electrons. The Bertz CT molecular complexity index is 936. The van der Waals surface area contributed by atoms with E-state index < -0.39 is 5.91 Å². The molecular formula is C19H17N3O3. The van der Waals surface area contributed by atoms with Gasteiger partial charge in [-0.25, -0.2) is 0 Å². The number of rotatable bonds is 5. The number of aromatic nitrogens is 2. The number of carbonyl (C=O) groups is 1. The Labute approximate surface area is 144 Å². The summed E-state index contributed by atoms with van der Waals surface area (Å²) in [5.41, 5.74) is 0.970. The Balaban J connectivity index is 1.90. The number of nitrogens with one attached hydrogen (secondary N) is 1. The Morgan fingerprint density at radius 1 is 1.04 bits per heavy atom. The molecule has 1 heterocycles. The number of hydrogen-bond donors (Lipinski definition) is 1. The van der Waals surface area contributed by atoms with Crippen LogP contribution in [0.15, 0.2) is 71.5 Å². The summed E-state index contributed by atoms with van der Waals surface area (Å²) >= 11 is 0. The van der Waals surface area contributed by atoms with Crippen molar-refractivity contribution in [2.45, 2.75) is 6.92 Å². The lowest BCUT2D eigenvalue weighted by Gasteiger charge is -2.11. The van der Waals surface area contributed by atoms with Gasteiger partial charge in [-0.15, -0.1) is 0 Å². The normalized spacial score (nSPS) is 10.3. The second-order valence-corrected chi connectivity index (χ2v) is 5.19. The highest BCUT2D eigenvalue weighted by molar-refractivity contribution is 6.03. The summed E-state index contributed by atoms with van der Waals surface area (Å²) in [4.78, 5) is 24.6. The van der Waals surface area contributed by atoms with E-state index in [1.54, 1.807) is 42.5 Å². The van der Waals surface area contributed by atoms with Crippen molar-refractivity contribution < 1.29 is 9.53 Å². The summed E-state index contributed by atoms with van der Waals surface area (Å²) in [7, 11) is 0. The lowest BCUT2D eigenvalue weighted by Crippen LogP contribution is -2.25. The van der Waals surface area contributed by atoms with Gasteiger partial charge in [-0.05, 0) is 37.3 Å². The largest absolute Gasteiger partial charge is 0.492 e. The number of anilines is 1. The number of ether oxygens (including phenoxy) is 1. The van der Waals surface area contributed by atoms with Crippen LogP contribution in [0.4, 0.5) is 5.69 Å². The molecule has 126 valence electrons. The molecule has 1 aromatic heterocycles. The van der Waals surface area contributed by atoms with Crippen LogP contribution in [0.2, 0.25) is 0 Å². The Morgan fingerprint density at radius 2 is 1.76 bits per heavy atom. The summed E-state index contributed by atoms with van der Waals surface area (Å²) in [6, 6.07) is 18.8. The van der Waals surface area contributed by atoms with Crippen molar-refractivity contribution in [1.29, 1.82) is 0 Å². The van der Waals surface area contributed by atoms with Crippen molar-refractivity contribution in [1.82, 2.24) is 9.78 Å². The molecule has 6 heteroatoms. The van der Waals surface area contributed by atoms with E-state index in [1.165, 1.54) is 16.8 Å². The molecule has 0 unspecified atom stereocenters. The van der Waals surface area contributed by atoms with E-state index in [2.05, 4.69) is 10.4 Å². The van der Waals surface area contributed by atoms with Crippen molar-refractivity contribution in [3.05, 3.63) is 82.8 Å². The molecule has 25 heavy (non-hydrogen) atoms. The Kier molecular flexibility index (Phi) is 4.89. The zero-order valence-corrected chi connectivity index (χ0v) is 13.7. The van der Waals surface area contributed by atoms with Gasteiger partial charge in [-0.1, -0.05) is 30.3 Å². The highest BCUT2D eigenvalue weighted by atomic mass is 16.5. The van der Waals surface area contributed by atoms with Crippen LogP contribution in [0.3, 0.4) is 0 Å². The molecule has 0 saturated carbocycles. The fourth-order valence-corrected chi connectivity index (χ4v) is 2.32. The molecular weight excluding hydrogens is 318 g/mol. The van der Waals surface area contributed by atoms with Crippen LogP contribution in [0.5, 0.6) is 5.75 Å². The lowest BCUT2D eigenvalue weighted by atomic mass is 10.2. The molecule has 1 amide bonds. The van der Waals surface area contributed by atoms with Gasteiger partial charge >= 0.3 is 0 Å². The molecule has 3 aromatic rings. The molecule has 0 saturated heterocycles. The van der Waals surface area contributed by atoms with E-state index in [0.717, 1.165) is 0 Å². The van der Waals surface area contributed by atoms with Crippen LogP contribution in [0.1, 0.15) is 17.4 Å². The number of benzene rings is 2. The predicted octanol–water partition coefficient (Wildman–Crippen LogP) is 2.88. The first-order chi connectivity index (χ1) is 12.2. The second kappa shape index (κ2) is 7.44. The number of amides is 1. The molecule has 6 nitrogen and oxygen atoms in total. The smallest absolute Gasteiger partial charge is 0.276 e. The molecule has 0 aliphatic heterocycles. The van der Waals surface area contributed by atoms with E-state index in [0.29, 0.717) is 23.7 Å². The van der Waals surface area contributed by atoms with Gasteiger partial charge in [0, 0.05) is 6.07 Å². The molecule has 3 rings (SSSR count). The number of nitrogens with zero attached hydrogens (tertiary/aromatic N) is 2. The fourth-order valence-electron chi connectivity index (χ4n) is 2.32. The number of para-hydroxylation sites is 3. The summed E-state index contributed by atoms with van der Waals surface area (Å²) in [6.07, 6.45) is 0. The van der Waals surface area contributed by atoms with Gasteiger partial charge in [0.15, 0.2) is 0 Å². The van der Waals surface area contributed by atoms with Gasteiger partial charge in [0.25, 0.3) is 11.5 Å². The lowest BCUT2D eigenvalue weighted by molar-refractivity contribution is 0.102. The highest BCUT2D eigenvalue weighted by Gasteiger charge is 2.13. The third kappa shape index (κ3) is 3.74. The monoisotopic (exact) mass is 335 g/mol. The second-order valence-electron chi connectivity index (χ2n) is 5.19. The Hall–Kier alpha value is -3.41. The zero-order chi connectivity index (χ0) is 17.6. The molecule has 0 atom stereocenters. The topological polar surface area (TPSA) is 73.2 Å². The van der Waals surface area contributed by atoms with Crippen LogP contribution < -0.4 is 15.6 Å². The van der Waals surface area contributed by atoms with Gasteiger partial charge in [-0.2, -0.15) is 9.78 Å². The van der Waals surface area contributed by atoms with E-state index in [1.807, 2.05) is 19.1 Å². The van der Waals surface area contributed by atoms with Crippen LogP contribution in [-0.4, -0.2) is 22.3 Å². The first-order valence-corrected chi connectivity index (χ1v) is 7.88. The average molecular weight is 335 g/mol. The summed E-state index contributed by atoms with van der Waals surface area (Å²) < 4.78 is 6.69. The van der Waals surface area contributed by atoms with Gasteiger partial charge in [0.2, 0.25) is 0 Å². The fraction of sp³-hybridized carbons (Fsp3) is 0.105. The maximum absolute atomic E-state index is 12.5. The summed E-state index contributed by atoms with van der Waals surface area (Å²) in [5.74, 6) is 0.159. The van der Waals surface area contributed by atoms with E-state index in [9.17, 15) is 9.59 Å². The number of hydrogen-bond acceptors (Lipinski definition) is 4. The molecule has 2 aromatic carbocycles. The minimum atomic E-state index is -0.420. The average Bonchev–Trinajstić information content (AvgIpc) is 2.64. The van der Waals surface area contributed by atoms with Crippen molar-refractivity contribution in [3.63, 3.8) is 0 Å². The van der Waals surface area contributed by atoms with E-state index >= 15 is 0 Å². The van der Waals surface area contributed by atoms with Crippen molar-refractivity contribution >= 4 is 11.6 Å². The van der Waals surface area contributed by atoms with E-state index in [-0.39, 0.29) is 11.3 Å². The minimum Gasteiger partial charge on any atom is -0.492 e. The van der Waals surface area contributed by atoms with Crippen LogP contribution in [0.25, 0.3) is 5.69 Å². The van der Waals surface area contributed by atoms with Gasteiger partial charge < -0.3 is 10.1 Å². The molecule has 0 bridgehead atoms. The third-order valence-corrected chi connectivity index (χ3v) is 3.47. The summed E-state index contributed by atoms with van der Waals surface area (Å²) in [5, 5.41) is 6.93. The predicted molar refractivity (Wildman–Crippen MR) is 95.4 cm³/mol. The molecule has 0 spiro atoms. The van der Waals surface area contributed by atoms with Crippen LogP contribution in [-0.2, 0) is 0 Å². The maximum atomic E-state index is 12.5. The van der Waals surface area contributed by atoms with Crippen molar-refractivity contribution in [3.8, 4) is 11.4 Å². The van der Waals surface area contributed by atoms with Crippen molar-refractivity contribution in [2.75, 3.05) is 11.9 Å². The third-order valence-electron chi connectivity index (χ3n) is 3.47. The first-order valence-electron chi connectivity index (χ1n) is 7.88. The van der Waals surface area contributed by atoms with Crippen LogP contribution in [0, 0.1) is 0 Å². The maximum Gasteiger partial charge on any atom is 0.276 e. The van der Waals surface area contributed by atoms with Gasteiger partial charge in [-0.3, -0.25) is 9.59 Å². The zero-order valence-electron chi connectivity index (χ0n) is 13.7. The first kappa shape index (κ1) is 16.4. The number of carbonyl (C=O) groups excluding carboxylic acids is 1. The molecule has 0 aliphatic rings.